The van der Waals surface area contributed by atoms with E-state index in [1.165, 1.54) is 30.5 Å². The van der Waals surface area contributed by atoms with Gasteiger partial charge in [-0.3, -0.25) is 0 Å². The molecule has 82 valence electrons. The van der Waals surface area contributed by atoms with Crippen molar-refractivity contribution in [1.82, 2.24) is 5.32 Å². The van der Waals surface area contributed by atoms with Crippen molar-refractivity contribution in [3.63, 3.8) is 0 Å². The van der Waals surface area contributed by atoms with E-state index >= 15 is 0 Å². The predicted molar refractivity (Wildman–Crippen MR) is 62.5 cm³/mol. The van der Waals surface area contributed by atoms with E-state index in [0.29, 0.717) is 6.04 Å². The molecule has 0 radical (unpaired) electrons. The predicted octanol–water partition coefficient (Wildman–Crippen LogP) is 2.30. The van der Waals surface area contributed by atoms with Gasteiger partial charge in [0, 0.05) is 6.04 Å². The largest absolute Gasteiger partial charge is 0.496 e. The molecule has 1 aromatic carbocycles. The average molecular weight is 205 g/mol. The van der Waals surface area contributed by atoms with E-state index < -0.39 is 0 Å². The van der Waals surface area contributed by atoms with Gasteiger partial charge in [-0.15, -0.1) is 0 Å². The molecule has 1 unspecified atom stereocenters. The van der Waals surface area contributed by atoms with E-state index in [2.05, 4.69) is 30.4 Å². The standard InChI is InChI=1S/C13H19NO/c1-10-5-6-13(15-2)11(8-10)9-12-4-3-7-14-12/h5-6,8,12,14H,3-4,7,9H2,1-2H3. The average Bonchev–Trinajstić information content (AvgIpc) is 2.71. The van der Waals surface area contributed by atoms with Crippen LogP contribution < -0.4 is 10.1 Å². The molecule has 1 aromatic rings. The van der Waals surface area contributed by atoms with Crippen molar-refractivity contribution < 1.29 is 4.74 Å². The third-order valence-corrected chi connectivity index (χ3v) is 3.06. The summed E-state index contributed by atoms with van der Waals surface area (Å²) in [6.07, 6.45) is 3.68. The maximum atomic E-state index is 5.38. The van der Waals surface area contributed by atoms with Gasteiger partial charge in [-0.1, -0.05) is 17.7 Å². The molecule has 0 aliphatic carbocycles. The zero-order valence-electron chi connectivity index (χ0n) is 9.55. The van der Waals surface area contributed by atoms with Crippen molar-refractivity contribution in [3.8, 4) is 5.75 Å². The van der Waals surface area contributed by atoms with Gasteiger partial charge in [0.15, 0.2) is 0 Å². The highest BCUT2D eigenvalue weighted by Crippen LogP contribution is 2.23. The van der Waals surface area contributed by atoms with Crippen molar-refractivity contribution in [2.24, 2.45) is 0 Å². The SMILES string of the molecule is COc1ccc(C)cc1CC1CCCN1. The molecule has 1 saturated heterocycles. The highest BCUT2D eigenvalue weighted by atomic mass is 16.5. The van der Waals surface area contributed by atoms with Crippen molar-refractivity contribution in [1.29, 1.82) is 0 Å². The molecule has 0 aromatic heterocycles. The molecule has 1 N–H and O–H groups in total. The van der Waals surface area contributed by atoms with E-state index in [-0.39, 0.29) is 0 Å². The minimum absolute atomic E-state index is 0.640. The maximum absolute atomic E-state index is 5.38. The quantitative estimate of drug-likeness (QED) is 0.817. The molecule has 1 aliphatic rings. The molecule has 15 heavy (non-hydrogen) atoms. The van der Waals surface area contributed by atoms with Gasteiger partial charge in [-0.25, -0.2) is 0 Å². The Labute approximate surface area is 91.6 Å². The molecule has 0 amide bonds. The summed E-state index contributed by atoms with van der Waals surface area (Å²) in [6, 6.07) is 7.05. The van der Waals surface area contributed by atoms with E-state index in [1.54, 1.807) is 7.11 Å². The van der Waals surface area contributed by atoms with Gasteiger partial charge in [0.1, 0.15) is 5.75 Å². The van der Waals surface area contributed by atoms with Crippen LogP contribution in [0.2, 0.25) is 0 Å². The van der Waals surface area contributed by atoms with Gasteiger partial charge in [0.25, 0.3) is 0 Å². The molecule has 0 spiro atoms. The summed E-state index contributed by atoms with van der Waals surface area (Å²) in [4.78, 5) is 0. The van der Waals surface area contributed by atoms with Crippen molar-refractivity contribution >= 4 is 0 Å². The Hall–Kier alpha value is -1.02. The Morgan fingerprint density at radius 1 is 1.47 bits per heavy atom. The number of hydrogen-bond donors (Lipinski definition) is 1. The minimum Gasteiger partial charge on any atom is -0.496 e. The number of aryl methyl sites for hydroxylation is 1. The molecule has 1 atom stereocenters. The molecule has 2 rings (SSSR count). The fourth-order valence-corrected chi connectivity index (χ4v) is 2.26. The van der Waals surface area contributed by atoms with Crippen molar-refractivity contribution in [2.75, 3.05) is 13.7 Å². The summed E-state index contributed by atoms with van der Waals surface area (Å²) < 4.78 is 5.38. The second-order valence-corrected chi connectivity index (χ2v) is 4.31. The molecule has 2 heteroatoms. The van der Waals surface area contributed by atoms with Gasteiger partial charge in [-0.2, -0.15) is 0 Å². The lowest BCUT2D eigenvalue weighted by Crippen LogP contribution is -2.23. The lowest BCUT2D eigenvalue weighted by atomic mass is 10.0. The number of ether oxygens (including phenoxy) is 1. The van der Waals surface area contributed by atoms with Crippen LogP contribution >= 0.6 is 0 Å². The monoisotopic (exact) mass is 205 g/mol. The fourth-order valence-electron chi connectivity index (χ4n) is 2.26. The van der Waals surface area contributed by atoms with Gasteiger partial charge < -0.3 is 10.1 Å². The summed E-state index contributed by atoms with van der Waals surface area (Å²) in [6.45, 7) is 3.30. The molecule has 1 aliphatic heterocycles. The minimum atomic E-state index is 0.640. The Morgan fingerprint density at radius 2 is 2.33 bits per heavy atom. The van der Waals surface area contributed by atoms with Crippen LogP contribution in [0.5, 0.6) is 5.75 Å². The lowest BCUT2D eigenvalue weighted by Gasteiger charge is -2.14. The molecule has 1 heterocycles. The number of hydrogen-bond acceptors (Lipinski definition) is 2. The molecular formula is C13H19NO. The number of methoxy groups -OCH3 is 1. The summed E-state index contributed by atoms with van der Waals surface area (Å²) in [5.74, 6) is 1.02. The fraction of sp³-hybridized carbons (Fsp3) is 0.538. The van der Waals surface area contributed by atoms with Crippen LogP contribution in [0.1, 0.15) is 24.0 Å². The summed E-state index contributed by atoms with van der Waals surface area (Å²) in [7, 11) is 1.75. The lowest BCUT2D eigenvalue weighted by molar-refractivity contribution is 0.406. The Morgan fingerprint density at radius 3 is 3.00 bits per heavy atom. The van der Waals surface area contributed by atoms with E-state index in [1.807, 2.05) is 0 Å². The first-order chi connectivity index (χ1) is 7.29. The smallest absolute Gasteiger partial charge is 0.122 e. The van der Waals surface area contributed by atoms with Crippen LogP contribution in [0.25, 0.3) is 0 Å². The van der Waals surface area contributed by atoms with Crippen molar-refractivity contribution in [2.45, 2.75) is 32.2 Å². The second kappa shape index (κ2) is 4.67. The normalized spacial score (nSPS) is 20.5. The van der Waals surface area contributed by atoms with Crippen LogP contribution in [0.15, 0.2) is 18.2 Å². The molecule has 0 bridgehead atoms. The number of nitrogens with one attached hydrogen (secondary N) is 1. The summed E-state index contributed by atoms with van der Waals surface area (Å²) in [5.41, 5.74) is 2.64. The van der Waals surface area contributed by atoms with Crippen LogP contribution in [-0.2, 0) is 6.42 Å². The van der Waals surface area contributed by atoms with Gasteiger partial charge in [0.05, 0.1) is 7.11 Å². The second-order valence-electron chi connectivity index (χ2n) is 4.31. The van der Waals surface area contributed by atoms with E-state index in [0.717, 1.165) is 12.2 Å². The Balaban J connectivity index is 2.14. The number of rotatable bonds is 3. The van der Waals surface area contributed by atoms with Gasteiger partial charge in [-0.05, 0) is 44.4 Å². The Kier molecular flexibility index (Phi) is 3.27. The first-order valence-electron chi connectivity index (χ1n) is 5.66. The zero-order chi connectivity index (χ0) is 10.7. The van der Waals surface area contributed by atoms with Crippen LogP contribution in [0.3, 0.4) is 0 Å². The topological polar surface area (TPSA) is 21.3 Å². The highest BCUT2D eigenvalue weighted by molar-refractivity contribution is 5.37. The summed E-state index contributed by atoms with van der Waals surface area (Å²) in [5, 5.41) is 3.52. The number of benzene rings is 1. The highest BCUT2D eigenvalue weighted by Gasteiger charge is 2.16. The molecule has 0 saturated carbocycles. The van der Waals surface area contributed by atoms with Gasteiger partial charge >= 0.3 is 0 Å². The maximum Gasteiger partial charge on any atom is 0.122 e. The molecule has 1 fully saturated rings. The van der Waals surface area contributed by atoms with Crippen molar-refractivity contribution in [3.05, 3.63) is 29.3 Å². The first kappa shape index (κ1) is 10.5. The zero-order valence-corrected chi connectivity index (χ0v) is 9.55. The van der Waals surface area contributed by atoms with E-state index in [4.69, 9.17) is 4.74 Å². The molecular weight excluding hydrogens is 186 g/mol. The molecule has 2 nitrogen and oxygen atoms in total. The van der Waals surface area contributed by atoms with Crippen LogP contribution in [0.4, 0.5) is 0 Å². The van der Waals surface area contributed by atoms with Gasteiger partial charge in [0.2, 0.25) is 0 Å². The van der Waals surface area contributed by atoms with Crippen LogP contribution in [0, 0.1) is 6.92 Å². The first-order valence-corrected chi connectivity index (χ1v) is 5.66. The summed E-state index contributed by atoms with van der Waals surface area (Å²) >= 11 is 0. The van der Waals surface area contributed by atoms with Crippen LogP contribution in [-0.4, -0.2) is 19.7 Å². The Bertz CT molecular complexity index is 329. The third-order valence-electron chi connectivity index (χ3n) is 3.06. The third kappa shape index (κ3) is 2.51. The van der Waals surface area contributed by atoms with E-state index in [9.17, 15) is 0 Å².